The third-order valence-corrected chi connectivity index (χ3v) is 6.57. The van der Waals surface area contributed by atoms with E-state index in [-0.39, 0.29) is 17.5 Å². The Morgan fingerprint density at radius 2 is 1.82 bits per heavy atom. The summed E-state index contributed by atoms with van der Waals surface area (Å²) in [5.41, 5.74) is 5.05. The van der Waals surface area contributed by atoms with Crippen LogP contribution >= 0.6 is 0 Å². The molecule has 3 aromatic heterocycles. The quantitative estimate of drug-likeness (QED) is 0.277. The van der Waals surface area contributed by atoms with Crippen LogP contribution in [0.5, 0.6) is 0 Å². The minimum absolute atomic E-state index is 0.116. The van der Waals surface area contributed by atoms with Gasteiger partial charge in [0.05, 0.1) is 29.2 Å². The minimum atomic E-state index is -4.40. The van der Waals surface area contributed by atoms with Crippen LogP contribution in [-0.4, -0.2) is 31.8 Å². The highest BCUT2D eigenvalue weighted by Crippen LogP contribution is 2.40. The largest absolute Gasteiger partial charge is 0.394 e. The standard InChI is InChI=1S/C29H30F3N5O/c1-5-9-22(21-13-12-20(16-18(21)2)28(38)35-23-11-8-15-33-19(23)3)26-25(17-29(30,31)32)37(4)36-27(26)24-10-6-7-14-34-24/h6-8,10-16,22H,5,9,17H2,1-4H3,(H,35,38). The second-order valence-electron chi connectivity index (χ2n) is 9.34. The molecule has 0 radical (unpaired) electrons. The molecule has 198 valence electrons. The van der Waals surface area contributed by atoms with Crippen LogP contribution in [0.25, 0.3) is 11.4 Å². The predicted molar refractivity (Wildman–Crippen MR) is 141 cm³/mol. The van der Waals surface area contributed by atoms with Crippen molar-refractivity contribution in [1.82, 2.24) is 19.7 Å². The topological polar surface area (TPSA) is 72.7 Å². The number of aromatic nitrogens is 4. The van der Waals surface area contributed by atoms with Gasteiger partial charge in [0.2, 0.25) is 0 Å². The first-order valence-electron chi connectivity index (χ1n) is 12.5. The van der Waals surface area contributed by atoms with Crippen molar-refractivity contribution >= 4 is 11.6 Å². The number of amides is 1. The van der Waals surface area contributed by atoms with Crippen molar-refractivity contribution in [3.05, 3.63) is 94.6 Å². The van der Waals surface area contributed by atoms with E-state index in [4.69, 9.17) is 0 Å². The van der Waals surface area contributed by atoms with Crippen LogP contribution < -0.4 is 5.32 Å². The zero-order valence-corrected chi connectivity index (χ0v) is 21.8. The molecule has 3 heterocycles. The van der Waals surface area contributed by atoms with Crippen LogP contribution in [-0.2, 0) is 13.5 Å². The number of rotatable bonds is 8. The molecule has 0 bridgehead atoms. The number of nitrogens with zero attached hydrogens (tertiary/aromatic N) is 4. The van der Waals surface area contributed by atoms with Gasteiger partial charge in [0.25, 0.3) is 5.91 Å². The SMILES string of the molecule is CCCC(c1ccc(C(=O)Nc2cccnc2C)cc1C)c1c(-c2ccccn2)nn(C)c1CC(F)(F)F. The number of hydrogen-bond donors (Lipinski definition) is 1. The fraction of sp³-hybridized carbons (Fsp3) is 0.310. The van der Waals surface area contributed by atoms with Crippen molar-refractivity contribution in [3.8, 4) is 11.4 Å². The van der Waals surface area contributed by atoms with Crippen molar-refractivity contribution in [3.63, 3.8) is 0 Å². The summed E-state index contributed by atoms with van der Waals surface area (Å²) < 4.78 is 42.4. The van der Waals surface area contributed by atoms with Gasteiger partial charge in [0.1, 0.15) is 5.69 Å². The Labute approximate surface area is 220 Å². The zero-order valence-electron chi connectivity index (χ0n) is 21.8. The van der Waals surface area contributed by atoms with Crippen molar-refractivity contribution in [1.29, 1.82) is 0 Å². The number of benzene rings is 1. The Balaban J connectivity index is 1.79. The highest BCUT2D eigenvalue weighted by molar-refractivity contribution is 6.04. The molecular weight excluding hydrogens is 491 g/mol. The van der Waals surface area contributed by atoms with Crippen LogP contribution in [0.2, 0.25) is 0 Å². The maximum atomic E-state index is 13.7. The van der Waals surface area contributed by atoms with Crippen LogP contribution in [0, 0.1) is 13.8 Å². The van der Waals surface area contributed by atoms with Gasteiger partial charge in [-0.15, -0.1) is 0 Å². The van der Waals surface area contributed by atoms with Crippen LogP contribution in [0.15, 0.2) is 60.9 Å². The number of carbonyl (C=O) groups is 1. The van der Waals surface area contributed by atoms with E-state index in [2.05, 4.69) is 20.4 Å². The van der Waals surface area contributed by atoms with Crippen LogP contribution in [0.4, 0.5) is 18.9 Å². The van der Waals surface area contributed by atoms with Gasteiger partial charge < -0.3 is 5.32 Å². The van der Waals surface area contributed by atoms with Gasteiger partial charge in [0.15, 0.2) is 0 Å². The molecule has 0 saturated carbocycles. The maximum Gasteiger partial charge on any atom is 0.394 e. The summed E-state index contributed by atoms with van der Waals surface area (Å²) in [6.07, 6.45) is -0.880. The van der Waals surface area contributed by atoms with Crippen molar-refractivity contribution in [2.24, 2.45) is 7.05 Å². The van der Waals surface area contributed by atoms with Gasteiger partial charge >= 0.3 is 6.18 Å². The van der Waals surface area contributed by atoms with E-state index in [1.807, 2.05) is 26.8 Å². The normalized spacial score (nSPS) is 12.4. The lowest BCUT2D eigenvalue weighted by molar-refractivity contribution is -0.128. The average molecular weight is 522 g/mol. The Kier molecular flexibility index (Phi) is 7.94. The van der Waals surface area contributed by atoms with E-state index < -0.39 is 12.6 Å². The zero-order chi connectivity index (χ0) is 27.4. The summed E-state index contributed by atoms with van der Waals surface area (Å²) in [6.45, 7) is 5.69. The smallest absolute Gasteiger partial charge is 0.320 e. The fourth-order valence-corrected chi connectivity index (χ4v) is 4.80. The Morgan fingerprint density at radius 1 is 1.05 bits per heavy atom. The summed E-state index contributed by atoms with van der Waals surface area (Å²) in [4.78, 5) is 21.5. The van der Waals surface area contributed by atoms with E-state index in [9.17, 15) is 18.0 Å². The molecule has 1 atom stereocenters. The third kappa shape index (κ3) is 5.93. The van der Waals surface area contributed by atoms with Gasteiger partial charge in [-0.3, -0.25) is 19.4 Å². The first-order valence-corrected chi connectivity index (χ1v) is 12.5. The molecule has 4 aromatic rings. The van der Waals surface area contributed by atoms with E-state index in [0.717, 1.165) is 17.5 Å². The Bertz CT molecular complexity index is 1430. The highest BCUT2D eigenvalue weighted by Gasteiger charge is 2.35. The molecule has 1 unspecified atom stereocenters. The highest BCUT2D eigenvalue weighted by atomic mass is 19.4. The molecule has 4 rings (SSSR count). The summed E-state index contributed by atoms with van der Waals surface area (Å²) in [5.74, 6) is -0.642. The lowest BCUT2D eigenvalue weighted by Gasteiger charge is -2.22. The fourth-order valence-electron chi connectivity index (χ4n) is 4.80. The molecule has 1 amide bonds. The number of nitrogens with one attached hydrogen (secondary N) is 1. The Morgan fingerprint density at radius 3 is 2.45 bits per heavy atom. The summed E-state index contributed by atoms with van der Waals surface area (Å²) in [6, 6.07) is 14.2. The number of carbonyl (C=O) groups excluding carboxylic acids is 1. The molecule has 1 aromatic carbocycles. The van der Waals surface area contributed by atoms with E-state index >= 15 is 0 Å². The molecule has 0 aliphatic rings. The van der Waals surface area contributed by atoms with Crippen LogP contribution in [0.1, 0.15) is 64.1 Å². The molecule has 38 heavy (non-hydrogen) atoms. The number of halogens is 3. The molecule has 9 heteroatoms. The Hall–Kier alpha value is -4.01. The van der Waals surface area contributed by atoms with Crippen molar-refractivity contribution in [2.75, 3.05) is 5.32 Å². The predicted octanol–water partition coefficient (Wildman–Crippen LogP) is 6.78. The van der Waals surface area contributed by atoms with Gasteiger partial charge in [-0.05, 0) is 67.8 Å². The number of anilines is 1. The molecule has 6 nitrogen and oxygen atoms in total. The van der Waals surface area contributed by atoms with E-state index in [0.29, 0.717) is 40.3 Å². The van der Waals surface area contributed by atoms with Crippen LogP contribution in [0.3, 0.4) is 0 Å². The number of pyridine rings is 2. The van der Waals surface area contributed by atoms with E-state index in [1.165, 1.54) is 4.68 Å². The second kappa shape index (κ2) is 11.2. The lowest BCUT2D eigenvalue weighted by Crippen LogP contribution is -2.18. The maximum absolute atomic E-state index is 13.7. The monoisotopic (exact) mass is 521 g/mol. The number of alkyl halides is 3. The molecule has 1 N–H and O–H groups in total. The minimum Gasteiger partial charge on any atom is -0.320 e. The van der Waals surface area contributed by atoms with Gasteiger partial charge in [-0.1, -0.05) is 25.5 Å². The number of hydrogen-bond acceptors (Lipinski definition) is 4. The average Bonchev–Trinajstić information content (AvgIpc) is 3.18. The molecule has 0 fully saturated rings. The van der Waals surface area contributed by atoms with Gasteiger partial charge in [0, 0.05) is 36.5 Å². The molecule has 0 aliphatic heterocycles. The first kappa shape index (κ1) is 27.0. The van der Waals surface area contributed by atoms with Crippen molar-refractivity contribution < 1.29 is 18.0 Å². The molecule has 0 spiro atoms. The number of aryl methyl sites for hydroxylation is 3. The second-order valence-corrected chi connectivity index (χ2v) is 9.34. The van der Waals surface area contributed by atoms with E-state index in [1.54, 1.807) is 61.9 Å². The van der Waals surface area contributed by atoms with Gasteiger partial charge in [-0.25, -0.2) is 0 Å². The molecule has 0 aliphatic carbocycles. The summed E-state index contributed by atoms with van der Waals surface area (Å²) in [5, 5.41) is 7.39. The summed E-state index contributed by atoms with van der Waals surface area (Å²) >= 11 is 0. The third-order valence-electron chi connectivity index (χ3n) is 6.57. The summed E-state index contributed by atoms with van der Waals surface area (Å²) in [7, 11) is 1.54. The lowest BCUT2D eigenvalue weighted by atomic mass is 9.82. The first-order chi connectivity index (χ1) is 18.1. The van der Waals surface area contributed by atoms with Gasteiger partial charge in [-0.2, -0.15) is 18.3 Å². The van der Waals surface area contributed by atoms with Crippen molar-refractivity contribution in [2.45, 2.75) is 52.1 Å². The molecular formula is C29H30F3N5O. The molecule has 0 saturated heterocycles.